The number of anilines is 1. The van der Waals surface area contributed by atoms with E-state index in [9.17, 15) is 19.5 Å². The standard InChI is InChI=1S/C13H14N2O5/c1-14-6-11(17)15(7-10(14)16)9-4-2-3-8(5-9)12(18)13(19)20/h2-5,12,18H,6-7H2,1H3,(H,19,20). The number of piperazine rings is 1. The third-order valence-corrected chi connectivity index (χ3v) is 3.12. The van der Waals surface area contributed by atoms with E-state index in [-0.39, 0.29) is 30.5 Å². The fourth-order valence-corrected chi connectivity index (χ4v) is 1.96. The molecule has 0 aromatic heterocycles. The van der Waals surface area contributed by atoms with E-state index in [1.54, 1.807) is 13.1 Å². The maximum absolute atomic E-state index is 11.9. The van der Waals surface area contributed by atoms with Crippen LogP contribution in [0.1, 0.15) is 11.7 Å². The number of aliphatic hydroxyl groups excluding tert-OH is 1. The van der Waals surface area contributed by atoms with Gasteiger partial charge in [0.25, 0.3) is 0 Å². The molecular weight excluding hydrogens is 264 g/mol. The van der Waals surface area contributed by atoms with Crippen molar-refractivity contribution in [3.8, 4) is 0 Å². The molecule has 1 aromatic rings. The van der Waals surface area contributed by atoms with Gasteiger partial charge in [-0.05, 0) is 17.7 Å². The zero-order valence-electron chi connectivity index (χ0n) is 10.8. The van der Waals surface area contributed by atoms with E-state index in [4.69, 9.17) is 5.11 Å². The van der Waals surface area contributed by atoms with Crippen LogP contribution >= 0.6 is 0 Å². The molecule has 0 radical (unpaired) electrons. The molecule has 7 nitrogen and oxygen atoms in total. The molecule has 1 aliphatic rings. The lowest BCUT2D eigenvalue weighted by Gasteiger charge is -2.31. The Bertz CT molecular complexity index is 572. The third kappa shape index (κ3) is 2.62. The van der Waals surface area contributed by atoms with E-state index >= 15 is 0 Å². The maximum atomic E-state index is 11.9. The highest BCUT2D eigenvalue weighted by atomic mass is 16.4. The molecule has 106 valence electrons. The summed E-state index contributed by atoms with van der Waals surface area (Å²) in [5, 5.41) is 18.3. The fourth-order valence-electron chi connectivity index (χ4n) is 1.96. The summed E-state index contributed by atoms with van der Waals surface area (Å²) in [6.07, 6.45) is -1.66. The van der Waals surface area contributed by atoms with Crippen LogP contribution in [0.3, 0.4) is 0 Å². The molecule has 1 unspecified atom stereocenters. The number of hydrogen-bond donors (Lipinski definition) is 2. The summed E-state index contributed by atoms with van der Waals surface area (Å²) in [5.74, 6) is -1.83. The van der Waals surface area contributed by atoms with Crippen LogP contribution in [0.25, 0.3) is 0 Å². The minimum absolute atomic E-state index is 0.0233. The molecular formula is C13H14N2O5. The second kappa shape index (κ2) is 5.30. The Labute approximate surface area is 115 Å². The van der Waals surface area contributed by atoms with Crippen molar-refractivity contribution in [3.05, 3.63) is 29.8 Å². The van der Waals surface area contributed by atoms with Gasteiger partial charge in [-0.2, -0.15) is 0 Å². The van der Waals surface area contributed by atoms with E-state index in [2.05, 4.69) is 0 Å². The molecule has 1 aromatic carbocycles. The lowest BCUT2D eigenvalue weighted by Crippen LogP contribution is -2.52. The number of carbonyl (C=O) groups excluding carboxylic acids is 2. The lowest BCUT2D eigenvalue weighted by atomic mass is 10.1. The van der Waals surface area contributed by atoms with Gasteiger partial charge in [-0.15, -0.1) is 0 Å². The van der Waals surface area contributed by atoms with Gasteiger partial charge in [-0.3, -0.25) is 9.59 Å². The molecule has 1 saturated heterocycles. The van der Waals surface area contributed by atoms with Crippen LogP contribution in [0, 0.1) is 0 Å². The van der Waals surface area contributed by atoms with Gasteiger partial charge in [0.05, 0.1) is 6.54 Å². The topological polar surface area (TPSA) is 98.2 Å². The number of likely N-dealkylation sites (N-methyl/N-ethyl adjacent to an activating group) is 1. The van der Waals surface area contributed by atoms with E-state index in [1.165, 1.54) is 28.0 Å². The Morgan fingerprint density at radius 2 is 1.95 bits per heavy atom. The molecule has 1 fully saturated rings. The normalized spacial score (nSPS) is 17.3. The Balaban J connectivity index is 2.29. The molecule has 7 heteroatoms. The third-order valence-electron chi connectivity index (χ3n) is 3.12. The summed E-state index contributed by atoms with van der Waals surface area (Å²) in [4.78, 5) is 36.9. The van der Waals surface area contributed by atoms with E-state index < -0.39 is 12.1 Å². The minimum atomic E-state index is -1.66. The maximum Gasteiger partial charge on any atom is 0.337 e. The van der Waals surface area contributed by atoms with Crippen molar-refractivity contribution in [3.63, 3.8) is 0 Å². The first-order valence-electron chi connectivity index (χ1n) is 5.95. The number of nitrogens with zero attached hydrogens (tertiary/aromatic N) is 2. The summed E-state index contributed by atoms with van der Waals surface area (Å²) < 4.78 is 0. The molecule has 0 spiro atoms. The molecule has 1 aliphatic heterocycles. The number of carboxylic acids is 1. The lowest BCUT2D eigenvalue weighted by molar-refractivity contribution is -0.147. The van der Waals surface area contributed by atoms with Crippen LogP contribution in [0.15, 0.2) is 24.3 Å². The number of rotatable bonds is 3. The van der Waals surface area contributed by atoms with Gasteiger partial charge in [0.2, 0.25) is 11.8 Å². The molecule has 0 bridgehead atoms. The Morgan fingerprint density at radius 1 is 1.25 bits per heavy atom. The average molecular weight is 278 g/mol. The molecule has 2 amide bonds. The highest BCUT2D eigenvalue weighted by Crippen LogP contribution is 2.22. The number of benzene rings is 1. The van der Waals surface area contributed by atoms with Crippen molar-refractivity contribution in [1.29, 1.82) is 0 Å². The summed E-state index contributed by atoms with van der Waals surface area (Å²) in [6, 6.07) is 5.97. The average Bonchev–Trinajstić information content (AvgIpc) is 2.42. The van der Waals surface area contributed by atoms with E-state index in [1.807, 2.05) is 0 Å². The predicted molar refractivity (Wildman–Crippen MR) is 69.0 cm³/mol. The van der Waals surface area contributed by atoms with Crippen molar-refractivity contribution in [2.75, 3.05) is 25.0 Å². The van der Waals surface area contributed by atoms with Gasteiger partial charge in [0.1, 0.15) is 6.54 Å². The molecule has 20 heavy (non-hydrogen) atoms. The number of aliphatic hydroxyl groups is 1. The quantitative estimate of drug-likeness (QED) is 0.784. The fraction of sp³-hybridized carbons (Fsp3) is 0.308. The Kier molecular flexibility index (Phi) is 3.71. The van der Waals surface area contributed by atoms with Crippen LogP contribution in [0.5, 0.6) is 0 Å². The van der Waals surface area contributed by atoms with E-state index in [0.29, 0.717) is 5.69 Å². The second-order valence-corrected chi connectivity index (χ2v) is 4.57. The van der Waals surface area contributed by atoms with Crippen LogP contribution in [-0.2, 0) is 14.4 Å². The zero-order chi connectivity index (χ0) is 14.9. The van der Waals surface area contributed by atoms with Gasteiger partial charge in [-0.1, -0.05) is 12.1 Å². The minimum Gasteiger partial charge on any atom is -0.479 e. The number of carboxylic acid groups (broad SMARTS) is 1. The summed E-state index contributed by atoms with van der Waals surface area (Å²) >= 11 is 0. The van der Waals surface area contributed by atoms with E-state index in [0.717, 1.165) is 0 Å². The first-order valence-corrected chi connectivity index (χ1v) is 5.95. The zero-order valence-corrected chi connectivity index (χ0v) is 10.8. The highest BCUT2D eigenvalue weighted by molar-refractivity contribution is 6.04. The van der Waals surface area contributed by atoms with Gasteiger partial charge in [0, 0.05) is 12.7 Å². The largest absolute Gasteiger partial charge is 0.479 e. The smallest absolute Gasteiger partial charge is 0.337 e. The first-order chi connectivity index (χ1) is 9.40. The Morgan fingerprint density at radius 3 is 2.60 bits per heavy atom. The molecule has 2 N–H and O–H groups in total. The molecule has 2 rings (SSSR count). The van der Waals surface area contributed by atoms with Crippen LogP contribution in [0.2, 0.25) is 0 Å². The van der Waals surface area contributed by atoms with Crippen LogP contribution in [0.4, 0.5) is 5.69 Å². The van der Waals surface area contributed by atoms with Gasteiger partial charge in [0.15, 0.2) is 6.10 Å². The van der Waals surface area contributed by atoms with Crippen molar-refractivity contribution in [2.24, 2.45) is 0 Å². The number of aliphatic carboxylic acids is 1. The molecule has 1 heterocycles. The van der Waals surface area contributed by atoms with Gasteiger partial charge < -0.3 is 20.0 Å². The van der Waals surface area contributed by atoms with Crippen LogP contribution in [-0.4, -0.2) is 53.0 Å². The molecule has 1 atom stereocenters. The van der Waals surface area contributed by atoms with Crippen molar-refractivity contribution in [1.82, 2.24) is 4.90 Å². The number of hydrogen-bond acceptors (Lipinski definition) is 4. The molecule has 0 aliphatic carbocycles. The SMILES string of the molecule is CN1CC(=O)N(c2cccc(C(O)C(=O)O)c2)CC1=O. The predicted octanol–water partition coefficient (Wildman–Crippen LogP) is -0.390. The first kappa shape index (κ1) is 14.0. The summed E-state index contributed by atoms with van der Waals surface area (Å²) in [6.45, 7) is -0.119. The summed E-state index contributed by atoms with van der Waals surface area (Å²) in [5.41, 5.74) is 0.559. The van der Waals surface area contributed by atoms with Gasteiger partial charge in [-0.25, -0.2) is 4.79 Å². The number of amides is 2. The molecule has 0 saturated carbocycles. The van der Waals surface area contributed by atoms with Crippen molar-refractivity contribution < 1.29 is 24.6 Å². The van der Waals surface area contributed by atoms with Crippen molar-refractivity contribution >= 4 is 23.5 Å². The number of carbonyl (C=O) groups is 3. The Hall–Kier alpha value is -2.41. The summed E-state index contributed by atoms with van der Waals surface area (Å²) in [7, 11) is 1.54. The second-order valence-electron chi connectivity index (χ2n) is 4.57. The van der Waals surface area contributed by atoms with Gasteiger partial charge >= 0.3 is 5.97 Å². The highest BCUT2D eigenvalue weighted by Gasteiger charge is 2.29. The van der Waals surface area contributed by atoms with Crippen LogP contribution < -0.4 is 4.90 Å². The van der Waals surface area contributed by atoms with Crippen molar-refractivity contribution in [2.45, 2.75) is 6.10 Å². The monoisotopic (exact) mass is 278 g/mol.